The van der Waals surface area contributed by atoms with Crippen LogP contribution in [0, 0.1) is 5.82 Å². The van der Waals surface area contributed by atoms with Crippen molar-refractivity contribution in [2.75, 3.05) is 19.8 Å². The van der Waals surface area contributed by atoms with Crippen LogP contribution in [-0.2, 0) is 9.59 Å². The molecule has 8 nitrogen and oxygen atoms in total. The van der Waals surface area contributed by atoms with E-state index in [0.717, 1.165) is 11.6 Å². The van der Waals surface area contributed by atoms with Crippen LogP contribution in [-0.4, -0.2) is 53.9 Å². The number of carbonyl (C=O) groups is 2. The van der Waals surface area contributed by atoms with Gasteiger partial charge in [0.15, 0.2) is 12.7 Å². The van der Waals surface area contributed by atoms with Crippen LogP contribution >= 0.6 is 23.2 Å². The lowest BCUT2D eigenvalue weighted by atomic mass is 9.44. The molecule has 2 bridgehead atoms. The lowest BCUT2D eigenvalue weighted by molar-refractivity contribution is -0.154. The largest absolute Gasteiger partial charge is 0.484 e. The Balaban J connectivity index is 1.12. The molecule has 2 aromatic rings. The number of hydrogen-bond donors (Lipinski definition) is 4. The summed E-state index contributed by atoms with van der Waals surface area (Å²) in [5, 5.41) is 19.1. The molecule has 0 radical (unpaired) electrons. The molecule has 2 aromatic carbocycles. The molecular weight excluding hydrogens is 512 g/mol. The molecule has 2 atom stereocenters. The molecule has 4 N–H and O–H groups in total. The molecule has 3 aliphatic carbocycles. The third kappa shape index (κ3) is 4.98. The van der Waals surface area contributed by atoms with Gasteiger partial charge in [-0.15, -0.1) is 0 Å². The molecule has 0 saturated heterocycles. The highest BCUT2D eigenvalue weighted by Crippen LogP contribution is 2.60. The summed E-state index contributed by atoms with van der Waals surface area (Å²) in [6, 6.07) is 9.08. The van der Waals surface area contributed by atoms with Crippen molar-refractivity contribution in [3.05, 3.63) is 57.8 Å². The van der Waals surface area contributed by atoms with Crippen LogP contribution in [0.1, 0.15) is 37.3 Å². The number of nitrogens with one attached hydrogen (secondary N) is 3. The van der Waals surface area contributed by atoms with Crippen molar-refractivity contribution in [3.63, 3.8) is 0 Å². The number of hydrogen-bond acceptors (Lipinski definition) is 6. The van der Waals surface area contributed by atoms with Crippen LogP contribution in [0.2, 0.25) is 10.0 Å². The number of fused-ring (bicyclic) bond motifs is 1. The Kier molecular flexibility index (Phi) is 6.76. The average molecular weight is 538 g/mol. The molecule has 192 valence electrons. The van der Waals surface area contributed by atoms with E-state index in [9.17, 15) is 19.1 Å². The van der Waals surface area contributed by atoms with Crippen LogP contribution in [0.4, 0.5) is 4.39 Å². The van der Waals surface area contributed by atoms with Crippen molar-refractivity contribution in [3.8, 4) is 11.5 Å². The summed E-state index contributed by atoms with van der Waals surface area (Å²) in [6.07, 6.45) is 1.58. The van der Waals surface area contributed by atoms with E-state index in [1.54, 1.807) is 18.2 Å². The molecule has 3 saturated carbocycles. The summed E-state index contributed by atoms with van der Waals surface area (Å²) in [5.74, 6) is -0.330. The minimum absolute atomic E-state index is 0.0165. The van der Waals surface area contributed by atoms with Crippen LogP contribution < -0.4 is 25.4 Å². The Bertz CT molecular complexity index is 1180. The summed E-state index contributed by atoms with van der Waals surface area (Å²) in [5.41, 5.74) is 0.138. The minimum atomic E-state index is -0.692. The first-order valence-corrected chi connectivity index (χ1v) is 12.5. The predicted octanol–water partition coefficient (Wildman–Crippen LogP) is 2.89. The van der Waals surface area contributed by atoms with E-state index in [4.69, 9.17) is 32.7 Å². The van der Waals surface area contributed by atoms with Gasteiger partial charge in [-0.2, -0.15) is 0 Å². The highest BCUT2D eigenvalue weighted by atomic mass is 35.5. The van der Waals surface area contributed by atoms with E-state index in [1.165, 1.54) is 12.1 Å². The zero-order valence-electron chi connectivity index (χ0n) is 19.3. The van der Waals surface area contributed by atoms with Gasteiger partial charge in [-0.1, -0.05) is 23.2 Å². The van der Waals surface area contributed by atoms with Gasteiger partial charge in [-0.25, -0.2) is 4.39 Å². The molecule has 0 unspecified atom stereocenters. The summed E-state index contributed by atoms with van der Waals surface area (Å²) in [4.78, 5) is 25.4. The Morgan fingerprint density at radius 3 is 2.58 bits per heavy atom. The minimum Gasteiger partial charge on any atom is -0.484 e. The molecule has 4 aliphatic rings. The first-order chi connectivity index (χ1) is 17.2. The number of carbonyl (C=O) groups excluding carboxylic acids is 2. The Morgan fingerprint density at radius 1 is 1.11 bits per heavy atom. The van der Waals surface area contributed by atoms with E-state index in [1.807, 2.05) is 0 Å². The molecule has 6 rings (SSSR count). The zero-order valence-corrected chi connectivity index (χ0v) is 20.8. The van der Waals surface area contributed by atoms with Gasteiger partial charge in [0, 0.05) is 46.7 Å². The summed E-state index contributed by atoms with van der Waals surface area (Å²) < 4.78 is 24.8. The number of aliphatic hydroxyl groups is 1. The lowest BCUT2D eigenvalue weighted by Crippen LogP contribution is -2.84. The quantitative estimate of drug-likeness (QED) is 0.391. The SMILES string of the molecule is O=C(COc1ccc(Cl)c(F)c1)NC12CC(NC(=O)[C@H]3C[C@H](NCCO)c4cc(Cl)ccc4O3)(C1)C2. The molecule has 11 heteroatoms. The monoisotopic (exact) mass is 537 g/mol. The first kappa shape index (κ1) is 25.1. The summed E-state index contributed by atoms with van der Waals surface area (Å²) in [7, 11) is 0. The Hall–Kier alpha value is -2.59. The van der Waals surface area contributed by atoms with Gasteiger partial charge in [0.25, 0.3) is 11.8 Å². The van der Waals surface area contributed by atoms with Crippen LogP contribution in [0.3, 0.4) is 0 Å². The maximum atomic E-state index is 13.5. The van der Waals surface area contributed by atoms with Crippen molar-refractivity contribution < 1.29 is 28.6 Å². The highest BCUT2D eigenvalue weighted by Gasteiger charge is 2.69. The third-order valence-electron chi connectivity index (χ3n) is 6.95. The standard InChI is InChI=1S/C25H26Cl2FN3O5/c26-14-1-4-20-16(7-14)19(29-5-6-32)9-21(36-20)23(34)31-25-11-24(12-25,13-25)30-22(33)10-35-15-2-3-17(27)18(28)8-15/h1-4,7-8,19,21,29,32H,5-6,9-13H2,(H,30,33)(H,31,34)/t19-,21+,24?,25?/m0/s1. The summed E-state index contributed by atoms with van der Waals surface area (Å²) >= 11 is 11.8. The number of benzene rings is 2. The molecular formula is C25H26Cl2FN3O5. The van der Waals surface area contributed by atoms with Crippen molar-refractivity contribution in [2.24, 2.45) is 0 Å². The number of rotatable bonds is 9. The van der Waals surface area contributed by atoms with E-state index in [-0.39, 0.29) is 52.9 Å². The molecule has 0 spiro atoms. The van der Waals surface area contributed by atoms with E-state index < -0.39 is 11.9 Å². The van der Waals surface area contributed by atoms with Gasteiger partial charge >= 0.3 is 0 Å². The van der Waals surface area contributed by atoms with Gasteiger partial charge in [0.1, 0.15) is 17.3 Å². The topological polar surface area (TPSA) is 109 Å². The Morgan fingerprint density at radius 2 is 1.86 bits per heavy atom. The fourth-order valence-electron chi connectivity index (χ4n) is 5.48. The second-order valence-corrected chi connectivity index (χ2v) is 10.6. The van der Waals surface area contributed by atoms with Gasteiger partial charge in [0.2, 0.25) is 0 Å². The average Bonchev–Trinajstić information content (AvgIpc) is 2.81. The van der Waals surface area contributed by atoms with Gasteiger partial charge in [-0.05, 0) is 49.6 Å². The van der Waals surface area contributed by atoms with Crippen LogP contribution in [0.5, 0.6) is 11.5 Å². The summed E-state index contributed by atoms with van der Waals surface area (Å²) in [6.45, 7) is 0.111. The number of aliphatic hydroxyl groups excluding tert-OH is 1. The van der Waals surface area contributed by atoms with E-state index >= 15 is 0 Å². The van der Waals surface area contributed by atoms with Gasteiger partial charge < -0.3 is 30.5 Å². The lowest BCUT2D eigenvalue weighted by Gasteiger charge is -2.70. The van der Waals surface area contributed by atoms with Gasteiger partial charge in [-0.3, -0.25) is 9.59 Å². The molecule has 36 heavy (non-hydrogen) atoms. The van der Waals surface area contributed by atoms with E-state index in [0.29, 0.717) is 43.0 Å². The predicted molar refractivity (Wildman–Crippen MR) is 131 cm³/mol. The smallest absolute Gasteiger partial charge is 0.261 e. The van der Waals surface area contributed by atoms with Crippen LogP contribution in [0.15, 0.2) is 36.4 Å². The number of amides is 2. The third-order valence-corrected chi connectivity index (χ3v) is 7.49. The molecule has 1 heterocycles. The van der Waals surface area contributed by atoms with Gasteiger partial charge in [0.05, 0.1) is 11.6 Å². The Labute approximate surface area is 217 Å². The maximum absolute atomic E-state index is 13.5. The fraction of sp³-hybridized carbons (Fsp3) is 0.440. The molecule has 3 fully saturated rings. The molecule has 2 amide bonds. The second kappa shape index (κ2) is 9.70. The van der Waals surface area contributed by atoms with Crippen molar-refractivity contribution in [1.82, 2.24) is 16.0 Å². The van der Waals surface area contributed by atoms with E-state index in [2.05, 4.69) is 16.0 Å². The van der Waals surface area contributed by atoms with Crippen LogP contribution in [0.25, 0.3) is 0 Å². The zero-order chi connectivity index (χ0) is 25.5. The maximum Gasteiger partial charge on any atom is 0.261 e. The van der Waals surface area contributed by atoms with Crippen molar-refractivity contribution >= 4 is 35.0 Å². The number of halogens is 3. The first-order valence-electron chi connectivity index (χ1n) is 11.7. The second-order valence-electron chi connectivity index (χ2n) is 9.75. The highest BCUT2D eigenvalue weighted by molar-refractivity contribution is 6.31. The molecule has 0 aromatic heterocycles. The number of ether oxygens (including phenoxy) is 2. The normalized spacial score (nSPS) is 27.6. The fourth-order valence-corrected chi connectivity index (χ4v) is 5.77. The molecule has 1 aliphatic heterocycles. The van der Waals surface area contributed by atoms with Crippen molar-refractivity contribution in [1.29, 1.82) is 0 Å². The van der Waals surface area contributed by atoms with Crippen molar-refractivity contribution in [2.45, 2.75) is 48.9 Å².